The second-order valence-electron chi connectivity index (χ2n) is 8.79. The van der Waals surface area contributed by atoms with Crippen LogP contribution in [0.5, 0.6) is 5.75 Å². The molecule has 0 saturated carbocycles. The van der Waals surface area contributed by atoms with Crippen molar-refractivity contribution >= 4 is 17.6 Å². The molecule has 0 radical (unpaired) electrons. The molecule has 36 heavy (non-hydrogen) atoms. The van der Waals surface area contributed by atoms with Gasteiger partial charge in [-0.2, -0.15) is 0 Å². The fourth-order valence-corrected chi connectivity index (χ4v) is 4.02. The zero-order valence-corrected chi connectivity index (χ0v) is 20.2. The Morgan fingerprint density at radius 3 is 2.56 bits per heavy atom. The number of rotatable bonds is 6. The average molecular weight is 497 g/mol. The molecule has 9 nitrogen and oxygen atoms in total. The lowest BCUT2D eigenvalue weighted by Gasteiger charge is -2.27. The number of hydrogen-bond donors (Lipinski definition) is 3. The Labute approximate surface area is 208 Å². The number of carbonyl (C=O) groups excluding carboxylic acids is 2. The van der Waals surface area contributed by atoms with Gasteiger partial charge in [-0.15, -0.1) is 0 Å². The number of halogens is 1. The lowest BCUT2D eigenvalue weighted by atomic mass is 10.1. The van der Waals surface area contributed by atoms with Gasteiger partial charge in [0.15, 0.2) is 0 Å². The van der Waals surface area contributed by atoms with E-state index in [1.165, 1.54) is 29.2 Å². The number of hydrogen-bond acceptors (Lipinski definition) is 6. The number of nitrogens with zero attached hydrogens (tertiary/aromatic N) is 2. The van der Waals surface area contributed by atoms with Gasteiger partial charge >= 0.3 is 6.03 Å². The number of aryl methyl sites for hydroxylation is 2. The Bertz CT molecular complexity index is 1180. The third kappa shape index (κ3) is 6.19. The molecule has 10 heteroatoms. The highest BCUT2D eigenvalue weighted by molar-refractivity contribution is 5.94. The molecular formula is C26H29FN4O5. The highest BCUT2D eigenvalue weighted by Crippen LogP contribution is 2.19. The number of benzene rings is 2. The predicted molar refractivity (Wildman–Crippen MR) is 130 cm³/mol. The zero-order chi connectivity index (χ0) is 25.7. The van der Waals surface area contributed by atoms with Crippen molar-refractivity contribution in [3.8, 4) is 5.75 Å². The molecular weight excluding hydrogens is 467 g/mol. The highest BCUT2D eigenvalue weighted by atomic mass is 19.1. The molecule has 3 amide bonds. The first-order valence-corrected chi connectivity index (χ1v) is 11.7. The fourth-order valence-electron chi connectivity index (χ4n) is 4.02. The molecule has 1 aliphatic heterocycles. The summed E-state index contributed by atoms with van der Waals surface area (Å²) < 4.78 is 24.0. The molecule has 2 aromatic carbocycles. The average Bonchev–Trinajstić information content (AvgIpc) is 3.07. The van der Waals surface area contributed by atoms with E-state index >= 15 is 0 Å². The van der Waals surface area contributed by atoms with Crippen LogP contribution in [0, 0.1) is 19.7 Å². The Hall–Kier alpha value is -3.92. The van der Waals surface area contributed by atoms with Crippen molar-refractivity contribution < 1.29 is 28.3 Å². The van der Waals surface area contributed by atoms with Crippen LogP contribution in [-0.4, -0.2) is 52.3 Å². The van der Waals surface area contributed by atoms with Gasteiger partial charge in [0, 0.05) is 24.3 Å². The first kappa shape index (κ1) is 25.2. The van der Waals surface area contributed by atoms with Crippen molar-refractivity contribution in [2.24, 2.45) is 0 Å². The molecule has 1 aliphatic rings. The summed E-state index contributed by atoms with van der Waals surface area (Å²) in [7, 11) is 0. The van der Waals surface area contributed by atoms with Gasteiger partial charge in [0.25, 0.3) is 5.91 Å². The second-order valence-corrected chi connectivity index (χ2v) is 8.79. The van der Waals surface area contributed by atoms with E-state index in [-0.39, 0.29) is 18.5 Å². The smallest absolute Gasteiger partial charge is 0.321 e. The van der Waals surface area contributed by atoms with Crippen molar-refractivity contribution in [3.05, 3.63) is 76.9 Å². The number of likely N-dealkylation sites (tertiary alicyclic amines) is 1. The molecule has 4 rings (SSSR count). The van der Waals surface area contributed by atoms with E-state index in [9.17, 15) is 19.1 Å². The van der Waals surface area contributed by atoms with Gasteiger partial charge in [0.2, 0.25) is 0 Å². The predicted octanol–water partition coefficient (Wildman–Crippen LogP) is 3.80. The lowest BCUT2D eigenvalue weighted by Crippen LogP contribution is -2.50. The van der Waals surface area contributed by atoms with Crippen LogP contribution in [0.15, 0.2) is 53.1 Å². The third-order valence-corrected chi connectivity index (χ3v) is 6.19. The lowest BCUT2D eigenvalue weighted by molar-refractivity contribution is 0.0811. The number of aliphatic hydroxyl groups is 1. The van der Waals surface area contributed by atoms with Crippen molar-refractivity contribution in [1.82, 2.24) is 15.4 Å². The van der Waals surface area contributed by atoms with Crippen molar-refractivity contribution in [3.63, 3.8) is 0 Å². The van der Waals surface area contributed by atoms with Crippen LogP contribution in [0.4, 0.5) is 14.9 Å². The van der Waals surface area contributed by atoms with Crippen LogP contribution in [0.25, 0.3) is 0 Å². The summed E-state index contributed by atoms with van der Waals surface area (Å²) in [4.78, 5) is 27.2. The van der Waals surface area contributed by atoms with Crippen LogP contribution in [0.3, 0.4) is 0 Å². The van der Waals surface area contributed by atoms with Gasteiger partial charge in [-0.1, -0.05) is 5.16 Å². The fraction of sp³-hybridized carbons (Fsp3) is 0.346. The van der Waals surface area contributed by atoms with Gasteiger partial charge in [0.1, 0.15) is 23.9 Å². The number of amides is 3. The molecule has 1 saturated heterocycles. The van der Waals surface area contributed by atoms with E-state index in [1.54, 1.807) is 24.3 Å². The molecule has 2 heterocycles. The minimum Gasteiger partial charge on any atom is -0.489 e. The van der Waals surface area contributed by atoms with Crippen molar-refractivity contribution in [2.45, 2.75) is 45.4 Å². The van der Waals surface area contributed by atoms with Crippen molar-refractivity contribution in [2.75, 3.05) is 18.4 Å². The molecule has 190 valence electrons. The van der Waals surface area contributed by atoms with Gasteiger partial charge in [-0.05, 0) is 75.2 Å². The van der Waals surface area contributed by atoms with Crippen LogP contribution in [-0.2, 0) is 6.61 Å². The summed E-state index contributed by atoms with van der Waals surface area (Å²) in [5, 5.41) is 20.0. The maximum Gasteiger partial charge on any atom is 0.321 e. The summed E-state index contributed by atoms with van der Waals surface area (Å²) in [5.74, 6) is 0.529. The summed E-state index contributed by atoms with van der Waals surface area (Å²) in [5.41, 5.74) is 2.51. The Morgan fingerprint density at radius 2 is 1.89 bits per heavy atom. The third-order valence-electron chi connectivity index (χ3n) is 6.19. The molecule has 3 aromatic rings. The van der Waals surface area contributed by atoms with Gasteiger partial charge in [-0.3, -0.25) is 4.79 Å². The van der Waals surface area contributed by atoms with Gasteiger partial charge in [-0.25, -0.2) is 9.18 Å². The van der Waals surface area contributed by atoms with Crippen LogP contribution in [0.2, 0.25) is 0 Å². The quantitative estimate of drug-likeness (QED) is 0.478. The topological polar surface area (TPSA) is 117 Å². The maximum atomic E-state index is 13.1. The number of nitrogens with one attached hydrogen (secondary N) is 2. The summed E-state index contributed by atoms with van der Waals surface area (Å²) in [6.07, 6.45) is 0.233. The first-order chi connectivity index (χ1) is 17.3. The molecule has 0 spiro atoms. The first-order valence-electron chi connectivity index (χ1n) is 11.7. The number of ether oxygens (including phenoxy) is 1. The van der Waals surface area contributed by atoms with E-state index in [0.717, 1.165) is 11.3 Å². The Balaban J connectivity index is 1.35. The number of aliphatic hydroxyl groups excluding tert-OH is 1. The van der Waals surface area contributed by atoms with E-state index < -0.39 is 18.0 Å². The SMILES string of the molecule is Cc1noc(C)c1COc1ccc(C(=O)NC2CN(C(=O)Nc3ccc(F)cc3)CCCC2O)cc1. The molecule has 0 bridgehead atoms. The van der Waals surface area contributed by atoms with Crippen molar-refractivity contribution in [1.29, 1.82) is 0 Å². The minimum atomic E-state index is -0.796. The van der Waals surface area contributed by atoms with Crippen LogP contribution >= 0.6 is 0 Å². The summed E-state index contributed by atoms with van der Waals surface area (Å²) in [6, 6.07) is 11.1. The molecule has 2 atom stereocenters. The van der Waals surface area contributed by atoms with E-state index in [2.05, 4.69) is 15.8 Å². The largest absolute Gasteiger partial charge is 0.489 e. The molecule has 2 unspecified atom stereocenters. The number of urea groups is 1. The number of aromatic nitrogens is 1. The molecule has 1 aromatic heterocycles. The number of carbonyl (C=O) groups is 2. The molecule has 1 fully saturated rings. The van der Waals surface area contributed by atoms with Crippen LogP contribution < -0.4 is 15.4 Å². The summed E-state index contributed by atoms with van der Waals surface area (Å²) in [6.45, 7) is 4.53. The van der Waals surface area contributed by atoms with E-state index in [1.807, 2.05) is 13.8 Å². The second kappa shape index (κ2) is 11.2. The van der Waals surface area contributed by atoms with Crippen LogP contribution in [0.1, 0.15) is 40.2 Å². The van der Waals surface area contributed by atoms with E-state index in [0.29, 0.717) is 48.8 Å². The minimum absolute atomic E-state index is 0.137. The molecule has 0 aliphatic carbocycles. The zero-order valence-electron chi connectivity index (χ0n) is 20.2. The maximum absolute atomic E-state index is 13.1. The van der Waals surface area contributed by atoms with Gasteiger partial charge < -0.3 is 29.9 Å². The Kier molecular flexibility index (Phi) is 7.84. The normalized spacial score (nSPS) is 17.8. The highest BCUT2D eigenvalue weighted by Gasteiger charge is 2.29. The Morgan fingerprint density at radius 1 is 1.17 bits per heavy atom. The standard InChI is InChI=1S/C26H29FN4O5/c1-16-22(17(2)36-30-16)15-35-21-11-5-18(6-12-21)25(33)29-23-14-31(13-3-4-24(23)32)26(34)28-20-9-7-19(27)8-10-20/h5-12,23-24,32H,3-4,13-15H2,1-2H3,(H,28,34)(H,29,33). The molecule has 3 N–H and O–H groups in total. The summed E-state index contributed by atoms with van der Waals surface area (Å²) >= 11 is 0. The number of anilines is 1. The monoisotopic (exact) mass is 496 g/mol. The van der Waals surface area contributed by atoms with Gasteiger partial charge in [0.05, 0.1) is 23.4 Å². The van der Waals surface area contributed by atoms with E-state index in [4.69, 9.17) is 9.26 Å².